The molecule has 2 heterocycles. The fourth-order valence-corrected chi connectivity index (χ4v) is 3.17. The number of amides is 3. The van der Waals surface area contributed by atoms with Gasteiger partial charge in [-0.25, -0.2) is 4.79 Å². The molecule has 0 radical (unpaired) electrons. The lowest BCUT2D eigenvalue weighted by Gasteiger charge is -2.19. The molecule has 1 aromatic carbocycles. The van der Waals surface area contributed by atoms with Crippen molar-refractivity contribution >= 4 is 40.8 Å². The minimum atomic E-state index is -0.391. The van der Waals surface area contributed by atoms with Crippen LogP contribution in [0.25, 0.3) is 0 Å². The number of rotatable bonds is 4. The van der Waals surface area contributed by atoms with Crippen LogP contribution in [-0.4, -0.2) is 41.0 Å². The maximum absolute atomic E-state index is 12.3. The Balaban J connectivity index is 1.84. The zero-order chi connectivity index (χ0) is 16.6. The Hall–Kier alpha value is -2.10. The molecule has 23 heavy (non-hydrogen) atoms. The molecule has 0 bridgehead atoms. The number of imide groups is 1. The number of hydrogen-bond acceptors (Lipinski definition) is 4. The third kappa shape index (κ3) is 2.78. The summed E-state index contributed by atoms with van der Waals surface area (Å²) in [4.78, 5) is 26.1. The predicted molar refractivity (Wildman–Crippen MR) is 86.4 cm³/mol. The number of carbonyl (C=O) groups excluding carboxylic acids is 2. The van der Waals surface area contributed by atoms with Crippen molar-refractivity contribution < 1.29 is 14.3 Å². The summed E-state index contributed by atoms with van der Waals surface area (Å²) in [5, 5.41) is 1.52. The van der Waals surface area contributed by atoms with Crippen molar-refractivity contribution in [1.29, 1.82) is 0 Å². The highest BCUT2D eigenvalue weighted by molar-refractivity contribution is 6.37. The van der Waals surface area contributed by atoms with Gasteiger partial charge in [0.15, 0.2) is 0 Å². The number of halogens is 2. The van der Waals surface area contributed by atoms with E-state index in [0.717, 1.165) is 11.4 Å². The number of hydrogen-bond donors (Lipinski definition) is 1. The molecule has 2 saturated heterocycles. The van der Waals surface area contributed by atoms with Crippen molar-refractivity contribution in [2.24, 2.45) is 0 Å². The Kier molecular flexibility index (Phi) is 4.24. The lowest BCUT2D eigenvalue weighted by Crippen LogP contribution is -2.38. The number of nitrogens with one attached hydrogen (secondary N) is 1. The average Bonchev–Trinajstić information content (AvgIpc) is 3.08. The lowest BCUT2D eigenvalue weighted by molar-refractivity contribution is -0.127. The summed E-state index contributed by atoms with van der Waals surface area (Å²) < 4.78 is 5.31. The summed E-state index contributed by atoms with van der Waals surface area (Å²) in [5.74, 6) is 2.36. The minimum Gasteiger partial charge on any atom is -0.479 e. The van der Waals surface area contributed by atoms with Crippen molar-refractivity contribution in [1.82, 2.24) is 9.91 Å². The number of benzene rings is 1. The fraction of sp³-hybridized carbons (Fsp3) is 0.333. The van der Waals surface area contributed by atoms with Gasteiger partial charge in [0, 0.05) is 12.6 Å². The van der Waals surface area contributed by atoms with E-state index in [1.165, 1.54) is 12.1 Å². The van der Waals surface area contributed by atoms with Crippen molar-refractivity contribution in [3.63, 3.8) is 0 Å². The van der Waals surface area contributed by atoms with E-state index < -0.39 is 6.04 Å². The molecule has 0 unspecified atom stereocenters. The van der Waals surface area contributed by atoms with Crippen molar-refractivity contribution in [2.45, 2.75) is 18.9 Å². The fourth-order valence-electron chi connectivity index (χ4n) is 2.69. The smallest absolute Gasteiger partial charge is 0.346 e. The summed E-state index contributed by atoms with van der Waals surface area (Å²) in [5.41, 5.74) is 3.09. The van der Waals surface area contributed by atoms with Crippen LogP contribution in [0, 0.1) is 12.3 Å². The van der Waals surface area contributed by atoms with Crippen LogP contribution in [0.5, 0.6) is 5.75 Å². The normalized spacial score (nSPS) is 19.8. The zero-order valence-corrected chi connectivity index (χ0v) is 13.5. The molecule has 0 saturated carbocycles. The molecular weight excluding hydrogens is 341 g/mol. The molecule has 2 aliphatic heterocycles. The number of carbonyl (C=O) groups is 2. The molecule has 3 amide bonds. The van der Waals surface area contributed by atoms with Gasteiger partial charge in [-0.1, -0.05) is 29.1 Å². The van der Waals surface area contributed by atoms with Gasteiger partial charge in [0.1, 0.15) is 18.4 Å². The molecule has 1 atom stereocenters. The summed E-state index contributed by atoms with van der Waals surface area (Å²) >= 11 is 12.2. The highest BCUT2D eigenvalue weighted by atomic mass is 35.5. The highest BCUT2D eigenvalue weighted by Gasteiger charge is 2.47. The van der Waals surface area contributed by atoms with Gasteiger partial charge in [-0.15, -0.1) is 6.42 Å². The summed E-state index contributed by atoms with van der Waals surface area (Å²) in [7, 11) is 0. The molecule has 1 aromatic rings. The molecule has 0 spiro atoms. The Labute approximate surface area is 143 Å². The van der Waals surface area contributed by atoms with E-state index in [1.807, 2.05) is 0 Å². The van der Waals surface area contributed by atoms with Crippen molar-refractivity contribution in [3.05, 3.63) is 22.2 Å². The van der Waals surface area contributed by atoms with E-state index in [9.17, 15) is 9.59 Å². The molecule has 2 fully saturated rings. The molecule has 3 rings (SSSR count). The van der Waals surface area contributed by atoms with Gasteiger partial charge >= 0.3 is 6.03 Å². The van der Waals surface area contributed by atoms with Crippen LogP contribution in [0.1, 0.15) is 12.8 Å². The van der Waals surface area contributed by atoms with Gasteiger partial charge in [0.05, 0.1) is 15.7 Å². The topological polar surface area (TPSA) is 61.9 Å². The van der Waals surface area contributed by atoms with E-state index in [1.54, 1.807) is 4.90 Å². The van der Waals surface area contributed by atoms with Crippen LogP contribution >= 0.6 is 23.2 Å². The van der Waals surface area contributed by atoms with Crippen LogP contribution in [0.3, 0.4) is 0 Å². The number of nitrogens with zero attached hydrogens (tertiary/aromatic N) is 2. The van der Waals surface area contributed by atoms with Crippen LogP contribution in [-0.2, 0) is 4.79 Å². The van der Waals surface area contributed by atoms with E-state index in [0.29, 0.717) is 24.4 Å². The first-order valence-electron chi connectivity index (χ1n) is 6.99. The zero-order valence-electron chi connectivity index (χ0n) is 12.0. The van der Waals surface area contributed by atoms with Crippen LogP contribution in [0.4, 0.5) is 10.5 Å². The Morgan fingerprint density at radius 3 is 2.83 bits per heavy atom. The Morgan fingerprint density at radius 1 is 1.35 bits per heavy atom. The first-order valence-corrected chi connectivity index (χ1v) is 7.75. The lowest BCUT2D eigenvalue weighted by atomic mass is 10.2. The van der Waals surface area contributed by atoms with Gasteiger partial charge in [-0.05, 0) is 18.9 Å². The number of fused-ring (bicyclic) bond motifs is 1. The monoisotopic (exact) mass is 353 g/mol. The number of ether oxygens (including phenoxy) is 1. The van der Waals surface area contributed by atoms with Crippen LogP contribution in [0.15, 0.2) is 12.1 Å². The van der Waals surface area contributed by atoms with E-state index in [4.69, 9.17) is 34.4 Å². The van der Waals surface area contributed by atoms with E-state index in [2.05, 4.69) is 11.3 Å². The average molecular weight is 354 g/mol. The number of terminal acetylenes is 1. The van der Waals surface area contributed by atoms with Gasteiger partial charge in [-0.3, -0.25) is 10.2 Å². The largest absolute Gasteiger partial charge is 0.479 e. The second-order valence-electron chi connectivity index (χ2n) is 5.17. The van der Waals surface area contributed by atoms with Gasteiger partial charge in [-0.2, -0.15) is 5.01 Å². The Morgan fingerprint density at radius 2 is 2.13 bits per heavy atom. The number of hydrazine groups is 1. The van der Waals surface area contributed by atoms with Gasteiger partial charge in [0.25, 0.3) is 5.91 Å². The maximum Gasteiger partial charge on any atom is 0.346 e. The predicted octanol–water partition coefficient (Wildman–Crippen LogP) is 2.76. The van der Waals surface area contributed by atoms with E-state index >= 15 is 0 Å². The molecular formula is C15H13Cl2N3O3. The SMILES string of the molecule is C#CCOc1cc(NN2C(=O)[C@H]3CCCN3C2=O)c(Cl)cc1Cl. The Bertz CT molecular complexity index is 695. The first-order chi connectivity index (χ1) is 11.0. The summed E-state index contributed by atoms with van der Waals surface area (Å²) in [6.45, 7) is 0.622. The molecule has 8 heteroatoms. The second-order valence-corrected chi connectivity index (χ2v) is 5.99. The van der Waals surface area contributed by atoms with Crippen LogP contribution < -0.4 is 10.2 Å². The van der Waals surface area contributed by atoms with Gasteiger partial charge < -0.3 is 9.64 Å². The van der Waals surface area contributed by atoms with E-state index in [-0.39, 0.29) is 28.6 Å². The first kappa shape index (κ1) is 15.8. The molecule has 2 aliphatic rings. The minimum absolute atomic E-state index is 0.0399. The number of urea groups is 1. The van der Waals surface area contributed by atoms with Crippen molar-refractivity contribution in [2.75, 3.05) is 18.6 Å². The summed E-state index contributed by atoms with van der Waals surface area (Å²) in [6.07, 6.45) is 6.66. The maximum atomic E-state index is 12.3. The third-order valence-corrected chi connectivity index (χ3v) is 4.37. The second kappa shape index (κ2) is 6.19. The third-order valence-electron chi connectivity index (χ3n) is 3.76. The molecule has 0 aromatic heterocycles. The van der Waals surface area contributed by atoms with Gasteiger partial charge in [0.2, 0.25) is 0 Å². The molecule has 6 nitrogen and oxygen atoms in total. The highest BCUT2D eigenvalue weighted by Crippen LogP contribution is 2.36. The summed E-state index contributed by atoms with van der Waals surface area (Å²) in [6, 6.07) is 2.20. The quantitative estimate of drug-likeness (QED) is 0.667. The van der Waals surface area contributed by atoms with Crippen molar-refractivity contribution in [3.8, 4) is 18.1 Å². The number of anilines is 1. The van der Waals surface area contributed by atoms with Crippen LogP contribution in [0.2, 0.25) is 10.0 Å². The molecule has 120 valence electrons. The standard InChI is InChI=1S/C15H13Cl2N3O3/c1-2-6-23-13-8-11(9(16)7-10(13)17)18-20-14(21)12-4-3-5-19(12)15(20)22/h1,7-8,12,18H,3-6H2/t12-/m1/s1. The molecule has 1 N–H and O–H groups in total. The molecule has 0 aliphatic carbocycles.